The molecule has 1 aromatic heterocycles. The van der Waals surface area contributed by atoms with Gasteiger partial charge in [0.05, 0.1) is 0 Å². The molecule has 0 aliphatic carbocycles. The quantitative estimate of drug-likeness (QED) is 0.837. The van der Waals surface area contributed by atoms with Gasteiger partial charge >= 0.3 is 0 Å². The van der Waals surface area contributed by atoms with Crippen molar-refractivity contribution in [3.05, 3.63) is 24.0 Å². The minimum Gasteiger partial charge on any atom is -0.348 e. The summed E-state index contributed by atoms with van der Waals surface area (Å²) >= 11 is 0. The highest BCUT2D eigenvalue weighted by Crippen LogP contribution is 2.31. The van der Waals surface area contributed by atoms with Crippen LogP contribution in [0.1, 0.15) is 36.2 Å². The van der Waals surface area contributed by atoms with Gasteiger partial charge in [0.25, 0.3) is 5.91 Å². The second kappa shape index (κ2) is 5.65. The number of hydrogen-bond acceptors (Lipinski definition) is 3. The van der Waals surface area contributed by atoms with Gasteiger partial charge < -0.3 is 19.7 Å². The van der Waals surface area contributed by atoms with Crippen LogP contribution in [0.4, 0.5) is 0 Å². The summed E-state index contributed by atoms with van der Waals surface area (Å²) in [4.78, 5) is 41.2. The number of piperazine rings is 1. The standard InChI is InChI=1S/C17H22N4O3/c1-19-7-2-4-12(19)15(22)18-11-6-9-21-14(10-11)17(24)20-8-3-5-13(20)16(21)23/h2,4,7,11,13-14H,3,5-6,8-10H2,1H3,(H,18,22)/t11-,13+,14-/m0/s1. The van der Waals surface area contributed by atoms with Gasteiger partial charge in [-0.25, -0.2) is 0 Å². The largest absolute Gasteiger partial charge is 0.348 e. The van der Waals surface area contributed by atoms with Gasteiger partial charge in [0, 0.05) is 32.4 Å². The number of rotatable bonds is 2. The van der Waals surface area contributed by atoms with Gasteiger partial charge in [-0.05, 0) is 37.8 Å². The minimum absolute atomic E-state index is 0.0508. The maximum atomic E-state index is 12.7. The number of fused-ring (bicyclic) bond motifs is 2. The Bertz CT molecular complexity index is 698. The molecule has 24 heavy (non-hydrogen) atoms. The lowest BCUT2D eigenvalue weighted by Crippen LogP contribution is -2.66. The predicted molar refractivity (Wildman–Crippen MR) is 86.1 cm³/mol. The zero-order valence-electron chi connectivity index (χ0n) is 13.8. The van der Waals surface area contributed by atoms with Gasteiger partial charge in [0.2, 0.25) is 11.8 Å². The van der Waals surface area contributed by atoms with Crippen LogP contribution in [0.2, 0.25) is 0 Å². The molecule has 7 heteroatoms. The van der Waals surface area contributed by atoms with Crippen LogP contribution in [-0.2, 0) is 16.6 Å². The number of carbonyl (C=O) groups is 3. The lowest BCUT2D eigenvalue weighted by atomic mass is 9.92. The molecule has 3 atom stereocenters. The summed E-state index contributed by atoms with van der Waals surface area (Å²) < 4.78 is 1.77. The third kappa shape index (κ3) is 2.30. The highest BCUT2D eigenvalue weighted by Gasteiger charge is 2.49. The number of carbonyl (C=O) groups excluding carboxylic acids is 3. The number of nitrogens with one attached hydrogen (secondary N) is 1. The molecular weight excluding hydrogens is 308 g/mol. The van der Waals surface area contributed by atoms with Crippen LogP contribution in [0.25, 0.3) is 0 Å². The Morgan fingerprint density at radius 2 is 1.88 bits per heavy atom. The van der Waals surface area contributed by atoms with Gasteiger partial charge in [-0.1, -0.05) is 0 Å². The van der Waals surface area contributed by atoms with Gasteiger partial charge in [0.1, 0.15) is 17.8 Å². The summed E-state index contributed by atoms with van der Waals surface area (Å²) in [5.41, 5.74) is 0.600. The number of aromatic nitrogens is 1. The summed E-state index contributed by atoms with van der Waals surface area (Å²) in [6.45, 7) is 1.22. The highest BCUT2D eigenvalue weighted by molar-refractivity contribution is 5.98. The Balaban J connectivity index is 1.47. The fraction of sp³-hybridized carbons (Fsp3) is 0.588. The van der Waals surface area contributed by atoms with Crippen LogP contribution in [0, 0.1) is 0 Å². The Labute approximate surface area is 140 Å². The van der Waals surface area contributed by atoms with Gasteiger partial charge in [-0.15, -0.1) is 0 Å². The van der Waals surface area contributed by atoms with Gasteiger partial charge in [-0.2, -0.15) is 0 Å². The average molecular weight is 330 g/mol. The van der Waals surface area contributed by atoms with Crippen molar-refractivity contribution in [2.75, 3.05) is 13.1 Å². The SMILES string of the molecule is Cn1cccc1C(=O)N[C@H]1CCN2C(=O)[C@H]3CCCN3C(=O)[C@@H]2C1. The van der Waals surface area contributed by atoms with Crippen molar-refractivity contribution in [3.63, 3.8) is 0 Å². The van der Waals surface area contributed by atoms with Crippen molar-refractivity contribution in [2.24, 2.45) is 7.05 Å². The molecule has 3 saturated heterocycles. The smallest absolute Gasteiger partial charge is 0.268 e. The zero-order valence-corrected chi connectivity index (χ0v) is 13.8. The molecule has 0 saturated carbocycles. The number of hydrogen-bond donors (Lipinski definition) is 1. The van der Waals surface area contributed by atoms with Crippen LogP contribution in [0.15, 0.2) is 18.3 Å². The Morgan fingerprint density at radius 1 is 1.12 bits per heavy atom. The summed E-state index contributed by atoms with van der Waals surface area (Å²) in [6.07, 6.45) is 4.70. The first-order valence-electron chi connectivity index (χ1n) is 8.59. The monoisotopic (exact) mass is 330 g/mol. The van der Waals surface area contributed by atoms with Crippen molar-refractivity contribution >= 4 is 17.7 Å². The minimum atomic E-state index is -0.417. The van der Waals surface area contributed by atoms with Crippen molar-refractivity contribution in [2.45, 2.75) is 43.8 Å². The molecule has 1 N–H and O–H groups in total. The van der Waals surface area contributed by atoms with Crippen LogP contribution >= 0.6 is 0 Å². The predicted octanol–water partition coefficient (Wildman–Crippen LogP) is 0.119. The van der Waals surface area contributed by atoms with Crippen LogP contribution in [0.3, 0.4) is 0 Å². The van der Waals surface area contributed by atoms with Gasteiger partial charge in [0.15, 0.2) is 0 Å². The molecule has 4 heterocycles. The molecular formula is C17H22N4O3. The van der Waals surface area contributed by atoms with E-state index in [9.17, 15) is 14.4 Å². The molecule has 0 bridgehead atoms. The highest BCUT2D eigenvalue weighted by atomic mass is 16.2. The third-order valence-corrected chi connectivity index (χ3v) is 5.50. The first-order valence-corrected chi connectivity index (χ1v) is 8.59. The molecule has 128 valence electrons. The molecule has 3 aliphatic rings. The molecule has 0 radical (unpaired) electrons. The maximum absolute atomic E-state index is 12.7. The zero-order chi connectivity index (χ0) is 16.8. The van der Waals surface area contributed by atoms with E-state index in [1.807, 2.05) is 19.3 Å². The number of nitrogens with zero attached hydrogens (tertiary/aromatic N) is 3. The van der Waals surface area contributed by atoms with E-state index in [-0.39, 0.29) is 29.8 Å². The Kier molecular flexibility index (Phi) is 3.58. The van der Waals surface area contributed by atoms with Gasteiger partial charge in [-0.3, -0.25) is 14.4 Å². The topological polar surface area (TPSA) is 74.7 Å². The molecule has 3 aliphatic heterocycles. The number of aryl methyl sites for hydroxylation is 1. The average Bonchev–Trinajstić information content (AvgIpc) is 3.21. The van der Waals surface area contributed by atoms with Crippen molar-refractivity contribution in [1.29, 1.82) is 0 Å². The first kappa shape index (κ1) is 15.2. The second-order valence-electron chi connectivity index (χ2n) is 6.94. The van der Waals surface area contributed by atoms with Crippen LogP contribution < -0.4 is 5.32 Å². The molecule has 1 aromatic rings. The molecule has 3 fully saturated rings. The lowest BCUT2D eigenvalue weighted by molar-refractivity contribution is -0.161. The van der Waals surface area contributed by atoms with E-state index in [1.54, 1.807) is 20.4 Å². The molecule has 0 spiro atoms. The van der Waals surface area contributed by atoms with Crippen molar-refractivity contribution < 1.29 is 14.4 Å². The van der Waals surface area contributed by atoms with E-state index in [1.165, 1.54) is 0 Å². The Morgan fingerprint density at radius 3 is 2.62 bits per heavy atom. The van der Waals surface area contributed by atoms with Crippen molar-refractivity contribution in [1.82, 2.24) is 19.7 Å². The fourth-order valence-corrected chi connectivity index (χ4v) is 4.22. The van der Waals surface area contributed by atoms with E-state index < -0.39 is 6.04 Å². The van der Waals surface area contributed by atoms with Crippen molar-refractivity contribution in [3.8, 4) is 0 Å². The van der Waals surface area contributed by atoms with E-state index in [4.69, 9.17) is 0 Å². The van der Waals surface area contributed by atoms with Crippen LogP contribution in [-0.4, -0.2) is 63.3 Å². The summed E-state index contributed by atoms with van der Waals surface area (Å²) in [5, 5.41) is 3.02. The number of piperidine rings is 1. The lowest BCUT2D eigenvalue weighted by Gasteiger charge is -2.46. The molecule has 3 amide bonds. The summed E-state index contributed by atoms with van der Waals surface area (Å²) in [5.74, 6) is 0.00816. The normalized spacial score (nSPS) is 29.5. The van der Waals surface area contributed by atoms with E-state index in [0.29, 0.717) is 31.6 Å². The number of amides is 3. The molecule has 7 nitrogen and oxygen atoms in total. The summed E-state index contributed by atoms with van der Waals surface area (Å²) in [6, 6.07) is 2.86. The molecule has 4 rings (SSSR count). The van der Waals surface area contributed by atoms with E-state index in [2.05, 4.69) is 5.32 Å². The van der Waals surface area contributed by atoms with E-state index in [0.717, 1.165) is 12.8 Å². The van der Waals surface area contributed by atoms with E-state index >= 15 is 0 Å². The molecule has 0 aromatic carbocycles. The molecule has 0 unspecified atom stereocenters. The summed E-state index contributed by atoms with van der Waals surface area (Å²) in [7, 11) is 1.83. The third-order valence-electron chi connectivity index (χ3n) is 5.50. The first-order chi connectivity index (χ1) is 11.6. The fourth-order valence-electron chi connectivity index (χ4n) is 4.22. The Hall–Kier alpha value is -2.31. The second-order valence-corrected chi connectivity index (χ2v) is 6.94. The van der Waals surface area contributed by atoms with Crippen LogP contribution in [0.5, 0.6) is 0 Å². The maximum Gasteiger partial charge on any atom is 0.268 e.